The number of aromatic nitrogens is 3. The van der Waals surface area contributed by atoms with E-state index < -0.39 is 0 Å². The first kappa shape index (κ1) is 17.7. The normalized spacial score (nSPS) is 11.0. The Morgan fingerprint density at radius 1 is 0.741 bits per heavy atom. The van der Waals surface area contributed by atoms with Gasteiger partial charge in [0.2, 0.25) is 0 Å². The van der Waals surface area contributed by atoms with E-state index in [1.807, 2.05) is 0 Å². The Balaban J connectivity index is 1.51. The molecule has 27 heavy (non-hydrogen) atoms. The summed E-state index contributed by atoms with van der Waals surface area (Å²) in [6, 6.07) is 9.88. The second-order valence-corrected chi connectivity index (χ2v) is 5.24. The number of aromatic amines is 1. The number of pyridine rings is 2. The summed E-state index contributed by atoms with van der Waals surface area (Å²) in [7, 11) is 0. The van der Waals surface area contributed by atoms with Crippen LogP contribution < -0.4 is 10.9 Å². The minimum atomic E-state index is -0.333. The Kier molecular flexibility index (Phi) is 5.77. The average molecular weight is 361 g/mol. The zero-order chi connectivity index (χ0) is 18.9. The minimum absolute atomic E-state index is 0.333. The number of nitrogens with zero attached hydrogens (tertiary/aromatic N) is 4. The molecule has 0 bridgehead atoms. The molecule has 3 rings (SSSR count). The molecule has 9 heteroatoms. The number of hydrazone groups is 2. The van der Waals surface area contributed by atoms with Crippen LogP contribution in [0.4, 0.5) is 0 Å². The number of amides is 2. The molecule has 0 aromatic carbocycles. The molecule has 0 radical (unpaired) electrons. The van der Waals surface area contributed by atoms with Crippen molar-refractivity contribution in [1.82, 2.24) is 25.8 Å². The molecule has 0 aliphatic heterocycles. The lowest BCUT2D eigenvalue weighted by Gasteiger charge is -1.98. The van der Waals surface area contributed by atoms with E-state index in [1.54, 1.807) is 36.4 Å². The molecule has 0 saturated carbocycles. The highest BCUT2D eigenvalue weighted by Gasteiger charge is 2.03. The van der Waals surface area contributed by atoms with E-state index in [0.717, 1.165) is 0 Å². The fourth-order valence-electron chi connectivity index (χ4n) is 2.04. The number of hydrogen-bond donors (Lipinski definition) is 3. The fraction of sp³-hybridized carbons (Fsp3) is 0. The van der Waals surface area contributed by atoms with Crippen molar-refractivity contribution < 1.29 is 9.59 Å². The number of nitrogens with one attached hydrogen (secondary N) is 3. The zero-order valence-electron chi connectivity index (χ0n) is 14.0. The van der Waals surface area contributed by atoms with Gasteiger partial charge in [-0.2, -0.15) is 10.2 Å². The van der Waals surface area contributed by atoms with Crippen LogP contribution >= 0.6 is 0 Å². The molecule has 3 aromatic heterocycles. The van der Waals surface area contributed by atoms with Gasteiger partial charge in [-0.05, 0) is 36.4 Å². The third-order valence-electron chi connectivity index (χ3n) is 3.36. The van der Waals surface area contributed by atoms with Crippen molar-refractivity contribution in [2.75, 3.05) is 0 Å². The SMILES string of the molecule is O=C(N/N=C/c1ccc(/C=N/NC(=O)c2ccncc2)[nH]1)c1ccncc1. The maximum absolute atomic E-state index is 11.8. The summed E-state index contributed by atoms with van der Waals surface area (Å²) in [5.41, 5.74) is 7.09. The van der Waals surface area contributed by atoms with Crippen molar-refractivity contribution >= 4 is 24.2 Å². The summed E-state index contributed by atoms with van der Waals surface area (Å²) in [5, 5.41) is 7.77. The lowest BCUT2D eigenvalue weighted by Crippen LogP contribution is -2.17. The highest BCUT2D eigenvalue weighted by molar-refractivity contribution is 5.95. The topological polar surface area (TPSA) is 124 Å². The summed E-state index contributed by atoms with van der Waals surface area (Å²) in [4.78, 5) is 34.4. The summed E-state index contributed by atoms with van der Waals surface area (Å²) in [6.45, 7) is 0. The number of hydrogen-bond acceptors (Lipinski definition) is 6. The monoisotopic (exact) mass is 361 g/mol. The van der Waals surface area contributed by atoms with Crippen LogP contribution in [0.3, 0.4) is 0 Å². The molecule has 2 amide bonds. The Bertz CT molecular complexity index is 888. The molecule has 0 aliphatic carbocycles. The Labute approximate surface area is 154 Å². The molecule has 0 aliphatic rings. The predicted molar refractivity (Wildman–Crippen MR) is 99.4 cm³/mol. The number of H-pyrrole nitrogens is 1. The van der Waals surface area contributed by atoms with Gasteiger partial charge in [-0.3, -0.25) is 19.6 Å². The molecule has 0 spiro atoms. The quantitative estimate of drug-likeness (QED) is 0.452. The van der Waals surface area contributed by atoms with E-state index >= 15 is 0 Å². The van der Waals surface area contributed by atoms with Crippen molar-refractivity contribution in [3.05, 3.63) is 83.7 Å². The third-order valence-corrected chi connectivity index (χ3v) is 3.36. The van der Waals surface area contributed by atoms with Gasteiger partial charge in [0.05, 0.1) is 23.8 Å². The molecule has 0 unspecified atom stereocenters. The first-order valence-corrected chi connectivity index (χ1v) is 7.88. The molecule has 134 valence electrons. The van der Waals surface area contributed by atoms with Crippen molar-refractivity contribution in [2.45, 2.75) is 0 Å². The van der Waals surface area contributed by atoms with E-state index in [9.17, 15) is 9.59 Å². The highest BCUT2D eigenvalue weighted by atomic mass is 16.2. The van der Waals surface area contributed by atoms with Gasteiger partial charge in [-0.15, -0.1) is 0 Å². The van der Waals surface area contributed by atoms with Crippen LogP contribution in [0.15, 0.2) is 71.4 Å². The Hall–Kier alpha value is -4.14. The van der Waals surface area contributed by atoms with Crippen LogP contribution in [0.25, 0.3) is 0 Å². The van der Waals surface area contributed by atoms with Crippen LogP contribution in [0.2, 0.25) is 0 Å². The lowest BCUT2D eigenvalue weighted by atomic mass is 10.3. The maximum atomic E-state index is 11.8. The van der Waals surface area contributed by atoms with E-state index in [-0.39, 0.29) is 11.8 Å². The van der Waals surface area contributed by atoms with Gasteiger partial charge in [0.25, 0.3) is 11.8 Å². The van der Waals surface area contributed by atoms with Crippen molar-refractivity contribution in [1.29, 1.82) is 0 Å². The highest BCUT2D eigenvalue weighted by Crippen LogP contribution is 1.99. The van der Waals surface area contributed by atoms with Gasteiger partial charge in [-0.25, -0.2) is 10.9 Å². The summed E-state index contributed by atoms with van der Waals surface area (Å²) in [5.74, 6) is -0.665. The first-order chi connectivity index (χ1) is 13.2. The standard InChI is InChI=1S/C18H15N7O2/c26-17(13-3-7-19-8-4-13)24-21-11-15-1-2-16(23-15)12-22-25-18(27)14-5-9-20-10-6-14/h1-12,23H,(H,24,26)(H,25,27)/b21-11+,22-12+. The molecular formula is C18H15N7O2. The summed E-state index contributed by atoms with van der Waals surface area (Å²) >= 11 is 0. The van der Waals surface area contributed by atoms with E-state index in [0.29, 0.717) is 22.5 Å². The Morgan fingerprint density at radius 3 is 1.56 bits per heavy atom. The third kappa shape index (κ3) is 5.16. The molecule has 0 atom stereocenters. The average Bonchev–Trinajstić information content (AvgIpc) is 3.17. The largest absolute Gasteiger partial charge is 0.353 e. The lowest BCUT2D eigenvalue weighted by molar-refractivity contribution is 0.0947. The van der Waals surface area contributed by atoms with E-state index in [1.165, 1.54) is 37.2 Å². The van der Waals surface area contributed by atoms with Gasteiger partial charge in [-0.1, -0.05) is 0 Å². The number of rotatable bonds is 6. The second-order valence-electron chi connectivity index (χ2n) is 5.24. The van der Waals surface area contributed by atoms with Crippen LogP contribution in [0, 0.1) is 0 Å². The van der Waals surface area contributed by atoms with Crippen molar-refractivity contribution in [2.24, 2.45) is 10.2 Å². The van der Waals surface area contributed by atoms with Crippen LogP contribution in [-0.4, -0.2) is 39.2 Å². The Morgan fingerprint density at radius 2 is 1.15 bits per heavy atom. The van der Waals surface area contributed by atoms with Crippen LogP contribution in [-0.2, 0) is 0 Å². The first-order valence-electron chi connectivity index (χ1n) is 7.88. The van der Waals surface area contributed by atoms with Gasteiger partial charge >= 0.3 is 0 Å². The summed E-state index contributed by atoms with van der Waals surface area (Å²) < 4.78 is 0. The molecule has 0 saturated heterocycles. The molecule has 3 N–H and O–H groups in total. The van der Waals surface area contributed by atoms with Crippen molar-refractivity contribution in [3.8, 4) is 0 Å². The van der Waals surface area contributed by atoms with Gasteiger partial charge in [0.1, 0.15) is 0 Å². The number of carbonyl (C=O) groups excluding carboxylic acids is 2. The summed E-state index contributed by atoms with van der Waals surface area (Å²) in [6.07, 6.45) is 9.05. The van der Waals surface area contributed by atoms with Gasteiger partial charge in [0, 0.05) is 35.9 Å². The predicted octanol–water partition coefficient (Wildman–Crippen LogP) is 1.33. The second kappa shape index (κ2) is 8.81. The van der Waals surface area contributed by atoms with E-state index in [4.69, 9.17) is 0 Å². The maximum Gasteiger partial charge on any atom is 0.271 e. The van der Waals surface area contributed by atoms with Crippen LogP contribution in [0.1, 0.15) is 32.1 Å². The van der Waals surface area contributed by atoms with Gasteiger partial charge < -0.3 is 4.98 Å². The zero-order valence-corrected chi connectivity index (χ0v) is 14.0. The van der Waals surface area contributed by atoms with Gasteiger partial charge in [0.15, 0.2) is 0 Å². The smallest absolute Gasteiger partial charge is 0.271 e. The van der Waals surface area contributed by atoms with Crippen LogP contribution in [0.5, 0.6) is 0 Å². The molecular weight excluding hydrogens is 346 g/mol. The van der Waals surface area contributed by atoms with Crippen molar-refractivity contribution in [3.63, 3.8) is 0 Å². The molecule has 3 aromatic rings. The number of carbonyl (C=O) groups is 2. The minimum Gasteiger partial charge on any atom is -0.353 e. The van der Waals surface area contributed by atoms with E-state index in [2.05, 4.69) is 36.0 Å². The molecule has 3 heterocycles. The fourth-order valence-corrected chi connectivity index (χ4v) is 2.04. The molecule has 9 nitrogen and oxygen atoms in total. The molecule has 0 fully saturated rings.